The Labute approximate surface area is 82.0 Å². The molecule has 1 aliphatic rings. The van der Waals surface area contributed by atoms with Crippen LogP contribution in [0.15, 0.2) is 18.2 Å². The zero-order chi connectivity index (χ0) is 9.68. The van der Waals surface area contributed by atoms with Crippen molar-refractivity contribution in [1.29, 1.82) is 0 Å². The van der Waals surface area contributed by atoms with Gasteiger partial charge in [-0.3, -0.25) is 0 Å². The third-order valence-corrected chi connectivity index (χ3v) is 2.50. The molecule has 1 aromatic carbocycles. The quantitative estimate of drug-likeness (QED) is 0.562. The zero-order valence-electron chi connectivity index (χ0n) is 9.06. The highest BCUT2D eigenvalue weighted by Crippen LogP contribution is 2.21. The number of fused-ring (bicyclic) bond motifs is 1. The van der Waals surface area contributed by atoms with Crippen LogP contribution in [0.2, 0.25) is 0 Å². The van der Waals surface area contributed by atoms with Crippen LogP contribution in [0.25, 0.3) is 0 Å². The summed E-state index contributed by atoms with van der Waals surface area (Å²) in [5.41, 5.74) is 4.59. The average molecular weight is 176 g/mol. The molecule has 0 N–H and O–H groups in total. The number of rotatable bonds is 0. The smallest absolute Gasteiger partial charge is 0.0276 e. The molecule has 2 rings (SSSR count). The van der Waals surface area contributed by atoms with Crippen LogP contribution in [0.3, 0.4) is 0 Å². The van der Waals surface area contributed by atoms with Crippen LogP contribution in [0.1, 0.15) is 43.4 Å². The Morgan fingerprint density at radius 1 is 0.923 bits per heavy atom. The standard InChI is InChI=1S/C11H14.C2H6/c1-9-6-7-10-4-2-3-5-11(10)8-9;1-2/h6-8H,2-5H2,1H3;1-2H3. The van der Waals surface area contributed by atoms with E-state index < -0.39 is 0 Å². The van der Waals surface area contributed by atoms with Gasteiger partial charge >= 0.3 is 0 Å². The highest BCUT2D eigenvalue weighted by molar-refractivity contribution is 5.32. The number of benzene rings is 1. The molecule has 0 unspecified atom stereocenters. The third-order valence-electron chi connectivity index (χ3n) is 2.50. The fourth-order valence-corrected chi connectivity index (χ4v) is 1.86. The second-order valence-corrected chi connectivity index (χ2v) is 3.48. The van der Waals surface area contributed by atoms with E-state index in [2.05, 4.69) is 25.1 Å². The summed E-state index contributed by atoms with van der Waals surface area (Å²) in [5, 5.41) is 0. The first-order valence-corrected chi connectivity index (χ1v) is 5.45. The Morgan fingerprint density at radius 2 is 1.54 bits per heavy atom. The molecule has 0 aromatic heterocycles. The maximum Gasteiger partial charge on any atom is -0.0276 e. The largest absolute Gasteiger partial charge is 0.0683 e. The monoisotopic (exact) mass is 176 g/mol. The summed E-state index contributed by atoms with van der Waals surface area (Å²) in [4.78, 5) is 0. The summed E-state index contributed by atoms with van der Waals surface area (Å²) in [6.45, 7) is 6.18. The lowest BCUT2D eigenvalue weighted by atomic mass is 9.91. The molecule has 13 heavy (non-hydrogen) atoms. The minimum atomic E-state index is 1.30. The van der Waals surface area contributed by atoms with Crippen LogP contribution < -0.4 is 0 Å². The van der Waals surface area contributed by atoms with Gasteiger partial charge in [-0.25, -0.2) is 0 Å². The SMILES string of the molecule is CC.Cc1ccc2c(c1)CCCC2. The summed E-state index contributed by atoms with van der Waals surface area (Å²) >= 11 is 0. The van der Waals surface area contributed by atoms with Crippen LogP contribution >= 0.6 is 0 Å². The molecule has 72 valence electrons. The maximum atomic E-state index is 2.34. The average Bonchev–Trinajstić information content (AvgIpc) is 2.21. The van der Waals surface area contributed by atoms with Crippen molar-refractivity contribution in [3.05, 3.63) is 34.9 Å². The molecule has 0 bridgehead atoms. The van der Waals surface area contributed by atoms with Gasteiger partial charge in [0.05, 0.1) is 0 Å². The minimum absolute atomic E-state index is 1.30. The van der Waals surface area contributed by atoms with Crippen molar-refractivity contribution in [2.24, 2.45) is 0 Å². The Kier molecular flexibility index (Phi) is 4.01. The molecular formula is C13H20. The van der Waals surface area contributed by atoms with Gasteiger partial charge in [0.15, 0.2) is 0 Å². The van der Waals surface area contributed by atoms with Gasteiger partial charge in [-0.15, -0.1) is 0 Å². The molecule has 0 fully saturated rings. The van der Waals surface area contributed by atoms with E-state index in [4.69, 9.17) is 0 Å². The van der Waals surface area contributed by atoms with E-state index in [1.54, 1.807) is 11.1 Å². The molecular weight excluding hydrogens is 156 g/mol. The minimum Gasteiger partial charge on any atom is -0.0683 e. The van der Waals surface area contributed by atoms with E-state index >= 15 is 0 Å². The molecule has 0 heteroatoms. The molecule has 1 aromatic rings. The molecule has 0 nitrogen and oxygen atoms in total. The van der Waals surface area contributed by atoms with Crippen LogP contribution in [0.5, 0.6) is 0 Å². The summed E-state index contributed by atoms with van der Waals surface area (Å²) in [7, 11) is 0. The van der Waals surface area contributed by atoms with E-state index in [9.17, 15) is 0 Å². The van der Waals surface area contributed by atoms with Crippen molar-refractivity contribution in [1.82, 2.24) is 0 Å². The van der Waals surface area contributed by atoms with Crippen LogP contribution in [-0.4, -0.2) is 0 Å². The number of hydrogen-bond donors (Lipinski definition) is 0. The summed E-state index contributed by atoms with van der Waals surface area (Å²) in [5.74, 6) is 0. The van der Waals surface area contributed by atoms with E-state index in [0.717, 1.165) is 0 Å². The topological polar surface area (TPSA) is 0 Å². The van der Waals surface area contributed by atoms with E-state index in [1.807, 2.05) is 13.8 Å². The summed E-state index contributed by atoms with van der Waals surface area (Å²) in [6.07, 6.45) is 5.37. The first-order valence-electron chi connectivity index (χ1n) is 5.45. The third kappa shape index (κ3) is 2.58. The molecule has 0 heterocycles. The van der Waals surface area contributed by atoms with Crippen LogP contribution in [0, 0.1) is 6.92 Å². The Balaban J connectivity index is 0.000000396. The number of hydrogen-bond acceptors (Lipinski definition) is 0. The maximum absolute atomic E-state index is 2.34. The van der Waals surface area contributed by atoms with E-state index in [1.165, 1.54) is 31.2 Å². The molecule has 0 atom stereocenters. The molecule has 0 spiro atoms. The highest BCUT2D eigenvalue weighted by atomic mass is 14.1. The molecule has 0 saturated heterocycles. The Hall–Kier alpha value is -0.780. The second kappa shape index (κ2) is 5.06. The van der Waals surface area contributed by atoms with Crippen LogP contribution in [-0.2, 0) is 12.8 Å². The van der Waals surface area contributed by atoms with Gasteiger partial charge in [0, 0.05) is 0 Å². The fourth-order valence-electron chi connectivity index (χ4n) is 1.86. The van der Waals surface area contributed by atoms with Crippen LogP contribution in [0.4, 0.5) is 0 Å². The van der Waals surface area contributed by atoms with Crippen molar-refractivity contribution in [2.45, 2.75) is 46.5 Å². The fraction of sp³-hybridized carbons (Fsp3) is 0.538. The van der Waals surface area contributed by atoms with Gasteiger partial charge in [-0.1, -0.05) is 37.6 Å². The number of aryl methyl sites for hydroxylation is 3. The molecule has 0 amide bonds. The van der Waals surface area contributed by atoms with Crippen molar-refractivity contribution in [2.75, 3.05) is 0 Å². The predicted octanol–water partition coefficient (Wildman–Crippen LogP) is 3.90. The molecule has 0 radical (unpaired) electrons. The van der Waals surface area contributed by atoms with E-state index in [0.29, 0.717) is 0 Å². The second-order valence-electron chi connectivity index (χ2n) is 3.48. The van der Waals surface area contributed by atoms with Gasteiger partial charge in [-0.2, -0.15) is 0 Å². The van der Waals surface area contributed by atoms with Gasteiger partial charge in [0.2, 0.25) is 0 Å². The van der Waals surface area contributed by atoms with E-state index in [-0.39, 0.29) is 0 Å². The molecule has 0 aliphatic heterocycles. The first kappa shape index (κ1) is 10.3. The van der Waals surface area contributed by atoms with Gasteiger partial charge in [0.1, 0.15) is 0 Å². The summed E-state index contributed by atoms with van der Waals surface area (Å²) in [6, 6.07) is 6.86. The summed E-state index contributed by atoms with van der Waals surface area (Å²) < 4.78 is 0. The van der Waals surface area contributed by atoms with Gasteiger partial charge in [-0.05, 0) is 43.7 Å². The predicted molar refractivity (Wildman–Crippen MR) is 59.2 cm³/mol. The highest BCUT2D eigenvalue weighted by Gasteiger charge is 2.07. The lowest BCUT2D eigenvalue weighted by molar-refractivity contribution is 0.685. The lowest BCUT2D eigenvalue weighted by Crippen LogP contribution is -2.01. The first-order chi connectivity index (χ1) is 6.36. The van der Waals surface area contributed by atoms with Gasteiger partial charge in [0.25, 0.3) is 0 Å². The van der Waals surface area contributed by atoms with Gasteiger partial charge < -0.3 is 0 Å². The Bertz CT molecular complexity index is 261. The zero-order valence-corrected chi connectivity index (χ0v) is 9.06. The van der Waals surface area contributed by atoms with Crippen molar-refractivity contribution in [3.8, 4) is 0 Å². The van der Waals surface area contributed by atoms with Crippen molar-refractivity contribution >= 4 is 0 Å². The molecule has 1 aliphatic carbocycles. The molecule has 0 saturated carbocycles. The van der Waals surface area contributed by atoms with Crippen molar-refractivity contribution in [3.63, 3.8) is 0 Å². The Morgan fingerprint density at radius 3 is 2.23 bits per heavy atom. The van der Waals surface area contributed by atoms with Crippen molar-refractivity contribution < 1.29 is 0 Å². The normalized spacial score (nSPS) is 14.1. The lowest BCUT2D eigenvalue weighted by Gasteiger charge is -2.15.